The summed E-state index contributed by atoms with van der Waals surface area (Å²) in [7, 11) is 0. The van der Waals surface area contributed by atoms with E-state index in [1.807, 2.05) is 13.0 Å². The van der Waals surface area contributed by atoms with Crippen LogP contribution in [-0.4, -0.2) is 6.04 Å². The molecular weight excluding hydrogens is 177 g/mol. The smallest absolute Gasteiger partial charge is 0.123 e. The molecule has 0 radical (unpaired) electrons. The molecule has 2 unspecified atom stereocenters. The molecule has 2 rings (SSSR count). The Morgan fingerprint density at radius 1 is 1.36 bits per heavy atom. The Balaban J connectivity index is 2.36. The first-order chi connectivity index (χ1) is 6.44. The first-order valence-electron chi connectivity index (χ1n) is 4.96. The molecule has 0 aliphatic heterocycles. The third-order valence-electron chi connectivity index (χ3n) is 3.48. The number of halogens is 1. The second-order valence-electron chi connectivity index (χ2n) is 4.83. The molecule has 1 fully saturated rings. The minimum absolute atomic E-state index is 0.168. The molecule has 14 heavy (non-hydrogen) atoms. The Morgan fingerprint density at radius 3 is 2.36 bits per heavy atom. The van der Waals surface area contributed by atoms with Gasteiger partial charge in [0.15, 0.2) is 0 Å². The lowest BCUT2D eigenvalue weighted by Gasteiger charge is -2.06. The molecule has 0 aromatic heterocycles. The minimum Gasteiger partial charge on any atom is -0.327 e. The fraction of sp³-hybridized carbons (Fsp3) is 0.500. The number of benzene rings is 1. The van der Waals surface area contributed by atoms with Crippen LogP contribution in [0.4, 0.5) is 4.39 Å². The van der Waals surface area contributed by atoms with E-state index in [1.54, 1.807) is 6.07 Å². The Kier molecular flexibility index (Phi) is 1.93. The van der Waals surface area contributed by atoms with Crippen LogP contribution in [0.25, 0.3) is 0 Å². The normalized spacial score (nSPS) is 28.9. The van der Waals surface area contributed by atoms with Crippen molar-refractivity contribution in [2.75, 3.05) is 0 Å². The van der Waals surface area contributed by atoms with E-state index in [2.05, 4.69) is 13.8 Å². The van der Waals surface area contributed by atoms with Gasteiger partial charge in [-0.3, -0.25) is 0 Å². The third kappa shape index (κ3) is 1.25. The predicted octanol–water partition coefficient (Wildman–Crippen LogP) is 2.58. The summed E-state index contributed by atoms with van der Waals surface area (Å²) in [5, 5.41) is 0. The maximum absolute atomic E-state index is 12.9. The molecule has 0 heterocycles. The van der Waals surface area contributed by atoms with E-state index < -0.39 is 0 Å². The van der Waals surface area contributed by atoms with Gasteiger partial charge in [0.2, 0.25) is 0 Å². The van der Waals surface area contributed by atoms with E-state index in [9.17, 15) is 4.39 Å². The first kappa shape index (κ1) is 9.66. The Morgan fingerprint density at radius 2 is 1.93 bits per heavy atom. The fourth-order valence-electron chi connectivity index (χ4n) is 2.26. The number of rotatable bonds is 1. The SMILES string of the molecule is Cc1cc(F)ccc1C1C(N)C1(C)C. The van der Waals surface area contributed by atoms with Crippen molar-refractivity contribution in [3.05, 3.63) is 35.1 Å². The fourth-order valence-corrected chi connectivity index (χ4v) is 2.26. The van der Waals surface area contributed by atoms with Crippen LogP contribution in [-0.2, 0) is 0 Å². The summed E-state index contributed by atoms with van der Waals surface area (Å²) in [5.41, 5.74) is 8.37. The third-order valence-corrected chi connectivity index (χ3v) is 3.48. The second-order valence-corrected chi connectivity index (χ2v) is 4.83. The number of hydrogen-bond acceptors (Lipinski definition) is 1. The van der Waals surface area contributed by atoms with Gasteiger partial charge in [-0.2, -0.15) is 0 Å². The molecule has 1 aliphatic rings. The predicted molar refractivity (Wildman–Crippen MR) is 55.6 cm³/mol. The van der Waals surface area contributed by atoms with Gasteiger partial charge in [0.05, 0.1) is 0 Å². The first-order valence-corrected chi connectivity index (χ1v) is 4.96. The van der Waals surface area contributed by atoms with Crippen LogP contribution in [0.1, 0.15) is 30.9 Å². The van der Waals surface area contributed by atoms with E-state index >= 15 is 0 Å². The summed E-state index contributed by atoms with van der Waals surface area (Å²) in [6, 6.07) is 5.18. The largest absolute Gasteiger partial charge is 0.327 e. The van der Waals surface area contributed by atoms with Gasteiger partial charge in [0.25, 0.3) is 0 Å². The van der Waals surface area contributed by atoms with E-state index in [0.29, 0.717) is 5.92 Å². The van der Waals surface area contributed by atoms with E-state index in [1.165, 1.54) is 11.6 Å². The standard InChI is InChI=1S/C12H16FN/c1-7-6-8(13)4-5-9(7)10-11(14)12(10,2)3/h4-6,10-11H,14H2,1-3H3. The topological polar surface area (TPSA) is 26.0 Å². The highest BCUT2D eigenvalue weighted by molar-refractivity contribution is 5.39. The van der Waals surface area contributed by atoms with Crippen molar-refractivity contribution >= 4 is 0 Å². The average Bonchev–Trinajstić information content (AvgIpc) is 2.54. The second kappa shape index (κ2) is 2.80. The summed E-state index contributed by atoms with van der Waals surface area (Å²) in [5.74, 6) is 0.223. The molecule has 2 N–H and O–H groups in total. The van der Waals surface area contributed by atoms with Crippen LogP contribution in [0.3, 0.4) is 0 Å². The average molecular weight is 193 g/mol. The quantitative estimate of drug-likeness (QED) is 0.729. The molecule has 2 heteroatoms. The maximum atomic E-state index is 12.9. The molecule has 2 atom stereocenters. The van der Waals surface area contributed by atoms with Crippen LogP contribution in [0, 0.1) is 18.2 Å². The monoisotopic (exact) mass is 193 g/mol. The van der Waals surface area contributed by atoms with Gasteiger partial charge in [-0.15, -0.1) is 0 Å². The Labute approximate surface area is 84.1 Å². The lowest BCUT2D eigenvalue weighted by molar-refractivity contribution is 0.596. The van der Waals surface area contributed by atoms with Crippen molar-refractivity contribution < 1.29 is 4.39 Å². The zero-order valence-corrected chi connectivity index (χ0v) is 8.84. The van der Waals surface area contributed by atoms with Gasteiger partial charge >= 0.3 is 0 Å². The van der Waals surface area contributed by atoms with Crippen LogP contribution in [0.5, 0.6) is 0 Å². The van der Waals surface area contributed by atoms with Crippen LogP contribution in [0.2, 0.25) is 0 Å². The molecule has 0 spiro atoms. The molecule has 0 amide bonds. The lowest BCUT2D eigenvalue weighted by Crippen LogP contribution is -2.06. The van der Waals surface area contributed by atoms with Crippen LogP contribution in [0.15, 0.2) is 18.2 Å². The van der Waals surface area contributed by atoms with Crippen molar-refractivity contribution in [2.24, 2.45) is 11.1 Å². The zero-order valence-electron chi connectivity index (χ0n) is 8.84. The van der Waals surface area contributed by atoms with Crippen molar-refractivity contribution in [1.82, 2.24) is 0 Å². The zero-order chi connectivity index (χ0) is 10.5. The van der Waals surface area contributed by atoms with Gasteiger partial charge in [-0.05, 0) is 35.6 Å². The van der Waals surface area contributed by atoms with Crippen molar-refractivity contribution in [2.45, 2.75) is 32.7 Å². The van der Waals surface area contributed by atoms with Gasteiger partial charge in [0.1, 0.15) is 5.82 Å². The maximum Gasteiger partial charge on any atom is 0.123 e. The highest BCUT2D eigenvalue weighted by Crippen LogP contribution is 2.57. The highest BCUT2D eigenvalue weighted by Gasteiger charge is 2.56. The highest BCUT2D eigenvalue weighted by atomic mass is 19.1. The van der Waals surface area contributed by atoms with E-state index in [-0.39, 0.29) is 17.3 Å². The van der Waals surface area contributed by atoms with Gasteiger partial charge in [-0.25, -0.2) is 4.39 Å². The minimum atomic E-state index is -0.168. The lowest BCUT2D eigenvalue weighted by atomic mass is 9.99. The molecule has 0 saturated heterocycles. The molecule has 0 bridgehead atoms. The van der Waals surface area contributed by atoms with E-state index in [4.69, 9.17) is 5.73 Å². The summed E-state index contributed by atoms with van der Waals surface area (Å²) in [6.07, 6.45) is 0. The molecule has 1 saturated carbocycles. The van der Waals surface area contributed by atoms with Crippen molar-refractivity contribution in [1.29, 1.82) is 0 Å². The summed E-state index contributed by atoms with van der Waals surface area (Å²) in [6.45, 7) is 6.26. The van der Waals surface area contributed by atoms with Gasteiger partial charge in [0, 0.05) is 12.0 Å². The summed E-state index contributed by atoms with van der Waals surface area (Å²) >= 11 is 0. The summed E-state index contributed by atoms with van der Waals surface area (Å²) < 4.78 is 12.9. The van der Waals surface area contributed by atoms with Gasteiger partial charge < -0.3 is 5.73 Å². The molecule has 1 nitrogen and oxygen atoms in total. The number of hydrogen-bond donors (Lipinski definition) is 1. The summed E-state index contributed by atoms with van der Waals surface area (Å²) in [4.78, 5) is 0. The van der Waals surface area contributed by atoms with E-state index in [0.717, 1.165) is 5.56 Å². The Bertz CT molecular complexity index is 371. The molecule has 76 valence electrons. The molecule has 1 aromatic rings. The Hall–Kier alpha value is -0.890. The van der Waals surface area contributed by atoms with Crippen LogP contribution < -0.4 is 5.73 Å². The van der Waals surface area contributed by atoms with Crippen molar-refractivity contribution in [3.8, 4) is 0 Å². The number of aryl methyl sites for hydroxylation is 1. The van der Waals surface area contributed by atoms with Crippen LogP contribution >= 0.6 is 0 Å². The molecule has 1 aliphatic carbocycles. The van der Waals surface area contributed by atoms with Crippen molar-refractivity contribution in [3.63, 3.8) is 0 Å². The van der Waals surface area contributed by atoms with Gasteiger partial charge in [-0.1, -0.05) is 19.9 Å². The molecule has 1 aromatic carbocycles. The molecular formula is C12H16FN. The number of nitrogens with two attached hydrogens (primary N) is 1.